The third-order valence-electron chi connectivity index (χ3n) is 5.06. The minimum atomic E-state index is -0.282. The number of ether oxygens (including phenoxy) is 1. The summed E-state index contributed by atoms with van der Waals surface area (Å²) in [4.78, 5) is 41.5. The number of hydrogen-bond acceptors (Lipinski definition) is 5. The first-order valence-corrected chi connectivity index (χ1v) is 10.7. The van der Waals surface area contributed by atoms with Crippen LogP contribution in [0.25, 0.3) is 11.1 Å². The van der Waals surface area contributed by atoms with Crippen LogP contribution in [0.15, 0.2) is 41.8 Å². The van der Waals surface area contributed by atoms with Crippen LogP contribution in [0, 0.1) is 5.92 Å². The summed E-state index contributed by atoms with van der Waals surface area (Å²) >= 11 is 1.38. The number of amides is 2. The Morgan fingerprint density at radius 2 is 1.97 bits per heavy atom. The highest BCUT2D eigenvalue weighted by molar-refractivity contribution is 7.12. The maximum atomic E-state index is 13.0. The van der Waals surface area contributed by atoms with E-state index < -0.39 is 0 Å². The molecule has 0 radical (unpaired) electrons. The number of esters is 1. The number of nitrogens with zero attached hydrogens (tertiary/aromatic N) is 2. The van der Waals surface area contributed by atoms with E-state index in [2.05, 4.69) is 0 Å². The molecule has 1 aromatic heterocycles. The van der Waals surface area contributed by atoms with Gasteiger partial charge < -0.3 is 14.5 Å². The number of likely N-dealkylation sites (tertiary alicyclic amines) is 1. The van der Waals surface area contributed by atoms with E-state index in [0.717, 1.165) is 24.0 Å². The quantitative estimate of drug-likeness (QED) is 0.681. The van der Waals surface area contributed by atoms with Crippen LogP contribution < -0.4 is 0 Å². The van der Waals surface area contributed by atoms with Gasteiger partial charge in [0.2, 0.25) is 5.91 Å². The predicted molar refractivity (Wildman–Crippen MR) is 113 cm³/mol. The zero-order chi connectivity index (χ0) is 20.8. The lowest BCUT2D eigenvalue weighted by Crippen LogP contribution is -2.47. The molecule has 1 aromatic carbocycles. The first-order chi connectivity index (χ1) is 14.0. The van der Waals surface area contributed by atoms with Gasteiger partial charge in [-0.15, -0.1) is 11.3 Å². The summed E-state index contributed by atoms with van der Waals surface area (Å²) in [5.41, 5.74) is 1.85. The van der Waals surface area contributed by atoms with Crippen LogP contribution in [0.2, 0.25) is 0 Å². The normalized spacial score (nSPS) is 16.3. The van der Waals surface area contributed by atoms with E-state index in [4.69, 9.17) is 4.74 Å². The maximum absolute atomic E-state index is 13.0. The fraction of sp³-hybridized carbons (Fsp3) is 0.409. The number of carbonyl (C=O) groups is 3. The Kier molecular flexibility index (Phi) is 7.04. The zero-order valence-corrected chi connectivity index (χ0v) is 17.6. The fourth-order valence-corrected chi connectivity index (χ4v) is 4.43. The molecule has 1 atom stereocenters. The Morgan fingerprint density at radius 1 is 1.21 bits per heavy atom. The van der Waals surface area contributed by atoms with Crippen molar-refractivity contribution in [3.05, 3.63) is 46.7 Å². The Morgan fingerprint density at radius 3 is 2.69 bits per heavy atom. The average Bonchev–Trinajstić information content (AvgIpc) is 3.24. The lowest BCUT2D eigenvalue weighted by molar-refractivity contribution is -0.151. The molecule has 0 spiro atoms. The molecule has 2 amide bonds. The zero-order valence-electron chi connectivity index (χ0n) is 16.8. The molecule has 2 heterocycles. The van der Waals surface area contributed by atoms with Crippen LogP contribution in [0.4, 0.5) is 0 Å². The minimum Gasteiger partial charge on any atom is -0.466 e. The van der Waals surface area contributed by atoms with Crippen molar-refractivity contribution in [2.75, 3.05) is 33.3 Å². The van der Waals surface area contributed by atoms with Crippen LogP contribution in [-0.4, -0.2) is 60.9 Å². The molecule has 1 aliphatic heterocycles. The van der Waals surface area contributed by atoms with E-state index in [1.165, 1.54) is 16.2 Å². The molecule has 154 valence electrons. The van der Waals surface area contributed by atoms with Crippen molar-refractivity contribution in [1.29, 1.82) is 0 Å². The molecule has 29 heavy (non-hydrogen) atoms. The Balaban J connectivity index is 1.64. The maximum Gasteiger partial charge on any atom is 0.310 e. The van der Waals surface area contributed by atoms with Gasteiger partial charge in [-0.3, -0.25) is 14.4 Å². The van der Waals surface area contributed by atoms with Gasteiger partial charge in [0.05, 0.1) is 23.9 Å². The van der Waals surface area contributed by atoms with Gasteiger partial charge >= 0.3 is 5.97 Å². The van der Waals surface area contributed by atoms with Gasteiger partial charge in [-0.25, -0.2) is 0 Å². The summed E-state index contributed by atoms with van der Waals surface area (Å²) in [6, 6.07) is 11.7. The summed E-state index contributed by atoms with van der Waals surface area (Å²) < 4.78 is 5.09. The first-order valence-electron chi connectivity index (χ1n) is 9.84. The van der Waals surface area contributed by atoms with E-state index >= 15 is 0 Å². The fourth-order valence-electron chi connectivity index (χ4n) is 3.52. The van der Waals surface area contributed by atoms with Crippen molar-refractivity contribution in [2.45, 2.75) is 19.8 Å². The minimum absolute atomic E-state index is 0.0134. The molecule has 3 rings (SSSR count). The first kappa shape index (κ1) is 21.0. The van der Waals surface area contributed by atoms with E-state index in [9.17, 15) is 14.4 Å². The number of rotatable bonds is 6. The van der Waals surface area contributed by atoms with E-state index in [0.29, 0.717) is 24.6 Å². The van der Waals surface area contributed by atoms with Crippen molar-refractivity contribution < 1.29 is 19.1 Å². The van der Waals surface area contributed by atoms with Crippen LogP contribution in [0.3, 0.4) is 0 Å². The lowest BCUT2D eigenvalue weighted by Gasteiger charge is -2.32. The molecular weight excluding hydrogens is 388 g/mol. The van der Waals surface area contributed by atoms with E-state index in [1.54, 1.807) is 18.9 Å². The van der Waals surface area contributed by atoms with Crippen LogP contribution >= 0.6 is 11.3 Å². The van der Waals surface area contributed by atoms with Gasteiger partial charge in [-0.2, -0.15) is 0 Å². The van der Waals surface area contributed by atoms with E-state index in [1.807, 2.05) is 41.8 Å². The molecule has 0 saturated carbocycles. The molecule has 6 nitrogen and oxygen atoms in total. The Labute approximate surface area is 175 Å². The monoisotopic (exact) mass is 414 g/mol. The highest BCUT2D eigenvalue weighted by atomic mass is 32.1. The topological polar surface area (TPSA) is 66.9 Å². The second kappa shape index (κ2) is 9.69. The number of piperidine rings is 1. The molecule has 2 aromatic rings. The number of carbonyl (C=O) groups excluding carboxylic acids is 3. The molecule has 1 fully saturated rings. The predicted octanol–water partition coefficient (Wildman–Crippen LogP) is 3.29. The summed E-state index contributed by atoms with van der Waals surface area (Å²) in [6.07, 6.45) is 1.49. The summed E-state index contributed by atoms with van der Waals surface area (Å²) in [7, 11) is 1.64. The standard InChI is InChI=1S/C22H26N2O4S/c1-3-28-22(27)17-10-7-12-24(14-17)19(25)15-23(2)21(26)20-18(11-13-29-20)16-8-5-4-6-9-16/h4-6,8-9,11,13,17H,3,7,10,12,14-15H2,1-2H3. The molecular formula is C22H26N2O4S. The highest BCUT2D eigenvalue weighted by Crippen LogP contribution is 2.29. The second-order valence-electron chi connectivity index (χ2n) is 7.12. The second-order valence-corrected chi connectivity index (χ2v) is 8.04. The van der Waals surface area contributed by atoms with Gasteiger partial charge in [0.15, 0.2) is 0 Å². The Hall–Kier alpha value is -2.67. The van der Waals surface area contributed by atoms with Crippen LogP contribution in [0.1, 0.15) is 29.4 Å². The van der Waals surface area contributed by atoms with Gasteiger partial charge in [-0.05, 0) is 36.8 Å². The SMILES string of the molecule is CCOC(=O)C1CCCN(C(=O)CN(C)C(=O)c2sccc2-c2ccccc2)C1. The highest BCUT2D eigenvalue weighted by Gasteiger charge is 2.30. The molecule has 0 bridgehead atoms. The number of hydrogen-bond donors (Lipinski definition) is 0. The van der Waals surface area contributed by atoms with Crippen molar-refractivity contribution in [3.63, 3.8) is 0 Å². The molecule has 0 N–H and O–H groups in total. The summed E-state index contributed by atoms with van der Waals surface area (Å²) in [5, 5.41) is 1.89. The van der Waals surface area contributed by atoms with Gasteiger partial charge in [0.1, 0.15) is 0 Å². The molecule has 1 aliphatic rings. The van der Waals surface area contributed by atoms with Gasteiger partial charge in [0.25, 0.3) is 5.91 Å². The van der Waals surface area contributed by atoms with Gasteiger partial charge in [0, 0.05) is 25.7 Å². The molecule has 7 heteroatoms. The third kappa shape index (κ3) is 5.03. The number of thiophene rings is 1. The Bertz CT molecular complexity index is 865. The summed E-state index contributed by atoms with van der Waals surface area (Å²) in [5.74, 6) is -0.852. The van der Waals surface area contributed by atoms with E-state index in [-0.39, 0.29) is 30.2 Å². The van der Waals surface area contributed by atoms with Crippen molar-refractivity contribution >= 4 is 29.1 Å². The van der Waals surface area contributed by atoms with Gasteiger partial charge in [-0.1, -0.05) is 30.3 Å². The summed E-state index contributed by atoms with van der Waals surface area (Å²) in [6.45, 7) is 3.06. The van der Waals surface area contributed by atoms with Crippen LogP contribution in [0.5, 0.6) is 0 Å². The van der Waals surface area contributed by atoms with Crippen LogP contribution in [-0.2, 0) is 14.3 Å². The van der Waals surface area contributed by atoms with Crippen molar-refractivity contribution in [2.24, 2.45) is 5.92 Å². The lowest BCUT2D eigenvalue weighted by atomic mass is 9.98. The third-order valence-corrected chi connectivity index (χ3v) is 5.96. The van der Waals surface area contributed by atoms with Crippen molar-refractivity contribution in [1.82, 2.24) is 9.80 Å². The smallest absolute Gasteiger partial charge is 0.310 e. The largest absolute Gasteiger partial charge is 0.466 e. The molecule has 0 aliphatic carbocycles. The average molecular weight is 415 g/mol. The molecule has 1 unspecified atom stereocenters. The van der Waals surface area contributed by atoms with Crippen molar-refractivity contribution in [3.8, 4) is 11.1 Å². The number of likely N-dealkylation sites (N-methyl/N-ethyl adjacent to an activating group) is 1. The number of benzene rings is 1. The molecule has 1 saturated heterocycles.